The Bertz CT molecular complexity index is 1230. The van der Waals surface area contributed by atoms with E-state index in [1.165, 1.54) is 12.1 Å². The number of aromatic carboxylic acids is 1. The van der Waals surface area contributed by atoms with Crippen LogP contribution in [0.5, 0.6) is 0 Å². The highest BCUT2D eigenvalue weighted by Crippen LogP contribution is 2.29. The van der Waals surface area contributed by atoms with Crippen molar-refractivity contribution < 1.29 is 19.4 Å². The fraction of sp³-hybridized carbons (Fsp3) is 0.148. The molecule has 7 nitrogen and oxygen atoms in total. The fourth-order valence-corrected chi connectivity index (χ4v) is 3.91. The van der Waals surface area contributed by atoms with Gasteiger partial charge in [0.1, 0.15) is 6.10 Å². The third-order valence-electron chi connectivity index (χ3n) is 5.56. The maximum atomic E-state index is 12.5. The Hall–Kier alpha value is -3.94. The van der Waals surface area contributed by atoms with Gasteiger partial charge in [-0.25, -0.2) is 4.79 Å². The predicted molar refractivity (Wildman–Crippen MR) is 135 cm³/mol. The molecule has 0 saturated heterocycles. The molecular formula is C27H24ClN3O4. The number of ether oxygens (including phenoxy) is 1. The third-order valence-corrected chi connectivity index (χ3v) is 5.81. The standard InChI is InChI=1S/C27H24ClN3O4/c28-22-11-9-20(10-12-22)25(19-7-5-18(6-8-19)21-13-14-30-31-17-21)35-16-15-29-26(32)23-3-1-2-4-24(23)27(33)34/h1-14,17,21,25,30H,15-16H2,(H,29,32)(H,33,34). The first-order chi connectivity index (χ1) is 17.0. The molecule has 0 spiro atoms. The van der Waals surface area contributed by atoms with Crippen LogP contribution < -0.4 is 10.7 Å². The van der Waals surface area contributed by atoms with Gasteiger partial charge in [-0.05, 0) is 41.0 Å². The molecule has 0 bridgehead atoms. The monoisotopic (exact) mass is 489 g/mol. The lowest BCUT2D eigenvalue weighted by Gasteiger charge is -2.20. The molecular weight excluding hydrogens is 466 g/mol. The Morgan fingerprint density at radius 2 is 1.66 bits per heavy atom. The second kappa shape index (κ2) is 11.5. The van der Waals surface area contributed by atoms with E-state index >= 15 is 0 Å². The number of carboxylic acid groups (broad SMARTS) is 1. The molecule has 0 saturated carbocycles. The number of benzene rings is 3. The minimum absolute atomic E-state index is 0.0429. The zero-order chi connectivity index (χ0) is 24.6. The van der Waals surface area contributed by atoms with Gasteiger partial charge in [0, 0.05) is 29.9 Å². The van der Waals surface area contributed by atoms with E-state index in [-0.39, 0.29) is 36.3 Å². The molecule has 0 fully saturated rings. The predicted octanol–water partition coefficient (Wildman–Crippen LogP) is 4.76. The lowest BCUT2D eigenvalue weighted by Crippen LogP contribution is -2.29. The van der Waals surface area contributed by atoms with Gasteiger partial charge in [0.05, 0.1) is 17.7 Å². The smallest absolute Gasteiger partial charge is 0.336 e. The van der Waals surface area contributed by atoms with Crippen LogP contribution in [0.3, 0.4) is 0 Å². The van der Waals surface area contributed by atoms with Crippen molar-refractivity contribution >= 4 is 29.7 Å². The van der Waals surface area contributed by atoms with E-state index in [9.17, 15) is 14.7 Å². The van der Waals surface area contributed by atoms with E-state index in [0.717, 1.165) is 16.7 Å². The molecule has 4 rings (SSSR count). The zero-order valence-electron chi connectivity index (χ0n) is 18.7. The normalized spacial score (nSPS) is 15.3. The van der Waals surface area contributed by atoms with Crippen LogP contribution in [0, 0.1) is 0 Å². The van der Waals surface area contributed by atoms with E-state index in [0.29, 0.717) is 5.02 Å². The van der Waals surface area contributed by atoms with Gasteiger partial charge in [-0.2, -0.15) is 5.10 Å². The number of nitrogens with one attached hydrogen (secondary N) is 2. The van der Waals surface area contributed by atoms with Crippen molar-refractivity contribution in [2.24, 2.45) is 5.10 Å². The molecule has 2 atom stereocenters. The average Bonchev–Trinajstić information content (AvgIpc) is 2.90. The number of rotatable bonds is 9. The highest BCUT2D eigenvalue weighted by Gasteiger charge is 2.18. The maximum absolute atomic E-state index is 12.5. The van der Waals surface area contributed by atoms with Crippen molar-refractivity contribution in [3.63, 3.8) is 0 Å². The van der Waals surface area contributed by atoms with Gasteiger partial charge in [0.25, 0.3) is 5.91 Å². The van der Waals surface area contributed by atoms with Crippen molar-refractivity contribution in [1.29, 1.82) is 0 Å². The van der Waals surface area contributed by atoms with E-state index < -0.39 is 11.9 Å². The van der Waals surface area contributed by atoms with Gasteiger partial charge in [-0.1, -0.05) is 66.2 Å². The number of hydrazone groups is 1. The number of nitrogens with zero attached hydrogens (tertiary/aromatic N) is 1. The van der Waals surface area contributed by atoms with Gasteiger partial charge >= 0.3 is 5.97 Å². The highest BCUT2D eigenvalue weighted by molar-refractivity contribution is 6.30. The van der Waals surface area contributed by atoms with Crippen LogP contribution in [0.1, 0.15) is 49.4 Å². The quantitative estimate of drug-likeness (QED) is 0.376. The maximum Gasteiger partial charge on any atom is 0.336 e. The van der Waals surface area contributed by atoms with Crippen molar-refractivity contribution in [3.8, 4) is 0 Å². The van der Waals surface area contributed by atoms with Crippen LogP contribution in [0.15, 0.2) is 90.2 Å². The molecule has 178 valence electrons. The van der Waals surface area contributed by atoms with Crippen LogP contribution in [-0.2, 0) is 4.74 Å². The number of carbonyl (C=O) groups is 2. The molecule has 0 radical (unpaired) electrons. The first-order valence-corrected chi connectivity index (χ1v) is 11.4. The summed E-state index contributed by atoms with van der Waals surface area (Å²) in [6, 6.07) is 21.6. The highest BCUT2D eigenvalue weighted by atomic mass is 35.5. The topological polar surface area (TPSA) is 100 Å². The summed E-state index contributed by atoms with van der Waals surface area (Å²) in [6.07, 6.45) is 5.30. The molecule has 35 heavy (non-hydrogen) atoms. The molecule has 0 aromatic heterocycles. The van der Waals surface area contributed by atoms with Crippen molar-refractivity contribution in [2.45, 2.75) is 12.0 Å². The van der Waals surface area contributed by atoms with Gasteiger partial charge < -0.3 is 15.2 Å². The SMILES string of the molecule is O=C(O)c1ccccc1C(=O)NCCOC(c1ccc(Cl)cc1)c1ccc(C2C=CNN=C2)cc1. The van der Waals surface area contributed by atoms with Gasteiger partial charge in [0.2, 0.25) is 0 Å². The molecule has 0 aliphatic carbocycles. The summed E-state index contributed by atoms with van der Waals surface area (Å²) in [5, 5.41) is 16.8. The number of hydrogen-bond acceptors (Lipinski definition) is 5. The Kier molecular flexibility index (Phi) is 7.92. The lowest BCUT2D eigenvalue weighted by atomic mass is 9.95. The first-order valence-electron chi connectivity index (χ1n) is 11.1. The third kappa shape index (κ3) is 6.15. The van der Waals surface area contributed by atoms with Crippen molar-refractivity contribution in [1.82, 2.24) is 10.7 Å². The van der Waals surface area contributed by atoms with E-state index in [1.807, 2.05) is 60.8 Å². The Morgan fingerprint density at radius 1 is 1.00 bits per heavy atom. The molecule has 3 aromatic rings. The van der Waals surface area contributed by atoms with Crippen LogP contribution in [0.25, 0.3) is 0 Å². The first kappa shape index (κ1) is 24.2. The summed E-state index contributed by atoms with van der Waals surface area (Å²) in [5.74, 6) is -1.51. The van der Waals surface area contributed by atoms with Crippen LogP contribution in [0.4, 0.5) is 0 Å². The molecule has 1 amide bonds. The lowest BCUT2D eigenvalue weighted by molar-refractivity contribution is 0.0687. The molecule has 8 heteroatoms. The second-order valence-electron chi connectivity index (χ2n) is 7.87. The number of halogens is 1. The summed E-state index contributed by atoms with van der Waals surface area (Å²) in [5.41, 5.74) is 5.85. The summed E-state index contributed by atoms with van der Waals surface area (Å²) in [6.45, 7) is 0.436. The van der Waals surface area contributed by atoms with Crippen LogP contribution in [-0.4, -0.2) is 36.3 Å². The Labute approximate surface area is 208 Å². The molecule has 3 aromatic carbocycles. The van der Waals surface area contributed by atoms with E-state index in [1.54, 1.807) is 18.3 Å². The van der Waals surface area contributed by atoms with E-state index in [4.69, 9.17) is 16.3 Å². The molecule has 2 unspecified atom stereocenters. The summed E-state index contributed by atoms with van der Waals surface area (Å²) < 4.78 is 6.18. The number of carboxylic acids is 1. The molecule has 1 heterocycles. The Morgan fingerprint density at radius 3 is 2.29 bits per heavy atom. The summed E-state index contributed by atoms with van der Waals surface area (Å²) in [4.78, 5) is 23.9. The van der Waals surface area contributed by atoms with Crippen molar-refractivity contribution in [2.75, 3.05) is 13.2 Å². The van der Waals surface area contributed by atoms with Crippen LogP contribution >= 0.6 is 11.6 Å². The molecule has 3 N–H and O–H groups in total. The fourth-order valence-electron chi connectivity index (χ4n) is 3.78. The minimum Gasteiger partial charge on any atom is -0.478 e. The van der Waals surface area contributed by atoms with Gasteiger partial charge in [-0.3, -0.25) is 10.2 Å². The van der Waals surface area contributed by atoms with Crippen molar-refractivity contribution in [3.05, 3.63) is 118 Å². The number of allylic oxidation sites excluding steroid dienone is 1. The van der Waals surface area contributed by atoms with Gasteiger partial charge in [0.15, 0.2) is 0 Å². The summed E-state index contributed by atoms with van der Waals surface area (Å²) in [7, 11) is 0. The van der Waals surface area contributed by atoms with Crippen LogP contribution in [0.2, 0.25) is 5.02 Å². The molecule has 1 aliphatic rings. The van der Waals surface area contributed by atoms with E-state index in [2.05, 4.69) is 15.8 Å². The number of carbonyl (C=O) groups excluding carboxylic acids is 1. The molecule has 1 aliphatic heterocycles. The van der Waals surface area contributed by atoms with Gasteiger partial charge in [-0.15, -0.1) is 0 Å². The second-order valence-corrected chi connectivity index (χ2v) is 8.30. The zero-order valence-corrected chi connectivity index (χ0v) is 19.5. The largest absolute Gasteiger partial charge is 0.478 e. The number of amides is 1. The number of hydrogen-bond donors (Lipinski definition) is 3. The minimum atomic E-state index is -1.15. The average molecular weight is 490 g/mol. The summed E-state index contributed by atoms with van der Waals surface area (Å²) >= 11 is 6.07. The Balaban J connectivity index is 1.44.